The molecule has 0 aromatic carbocycles. The number of pyridine rings is 1. The molecule has 1 atom stereocenters. The van der Waals surface area contributed by atoms with Crippen molar-refractivity contribution in [2.75, 3.05) is 0 Å². The standard InChI is InChI=1S/C13H20BNO4/c1-8(16)9-6-10(11(17)15-7-9)14-18-12(2,3)13(4,5)19-14/h6-8,16H,1-5H3,(H,15,17). The number of rotatable bonds is 2. The van der Waals surface area contributed by atoms with Crippen LogP contribution in [0.5, 0.6) is 0 Å². The first-order valence-electron chi connectivity index (χ1n) is 6.40. The number of aliphatic hydroxyl groups is 1. The van der Waals surface area contributed by atoms with Crippen LogP contribution in [0.3, 0.4) is 0 Å². The van der Waals surface area contributed by atoms with E-state index in [1.807, 2.05) is 27.7 Å². The predicted octanol–water partition coefficient (Wildman–Crippen LogP) is 0.727. The number of nitrogens with one attached hydrogen (secondary N) is 1. The average molecular weight is 265 g/mol. The minimum atomic E-state index is -0.715. The zero-order valence-electron chi connectivity index (χ0n) is 12.0. The molecule has 2 rings (SSSR count). The van der Waals surface area contributed by atoms with Crippen LogP contribution in [-0.2, 0) is 9.31 Å². The van der Waals surface area contributed by atoms with Gasteiger partial charge in [-0.15, -0.1) is 0 Å². The first kappa shape index (κ1) is 14.3. The zero-order valence-corrected chi connectivity index (χ0v) is 12.0. The van der Waals surface area contributed by atoms with Gasteiger partial charge in [0.1, 0.15) is 0 Å². The number of hydrogen-bond acceptors (Lipinski definition) is 4. The zero-order chi connectivity index (χ0) is 14.4. The van der Waals surface area contributed by atoms with Crippen LogP contribution in [0.1, 0.15) is 46.3 Å². The fraction of sp³-hybridized carbons (Fsp3) is 0.615. The summed E-state index contributed by atoms with van der Waals surface area (Å²) in [7, 11) is -0.715. The summed E-state index contributed by atoms with van der Waals surface area (Å²) in [5.41, 5.74) is -0.236. The van der Waals surface area contributed by atoms with Crippen molar-refractivity contribution in [2.24, 2.45) is 0 Å². The fourth-order valence-corrected chi connectivity index (χ4v) is 1.91. The second-order valence-corrected chi connectivity index (χ2v) is 5.98. The molecule has 0 amide bonds. The highest BCUT2D eigenvalue weighted by Crippen LogP contribution is 2.36. The molecule has 0 saturated carbocycles. The highest BCUT2D eigenvalue weighted by molar-refractivity contribution is 6.61. The van der Waals surface area contributed by atoms with Crippen LogP contribution in [0.4, 0.5) is 0 Å². The Morgan fingerprint density at radius 1 is 1.26 bits per heavy atom. The molecule has 0 spiro atoms. The largest absolute Gasteiger partial charge is 0.500 e. The summed E-state index contributed by atoms with van der Waals surface area (Å²) in [5.74, 6) is 0. The highest BCUT2D eigenvalue weighted by atomic mass is 16.7. The van der Waals surface area contributed by atoms with Gasteiger partial charge in [0.25, 0.3) is 0 Å². The Morgan fingerprint density at radius 3 is 2.26 bits per heavy atom. The van der Waals surface area contributed by atoms with E-state index in [0.29, 0.717) is 11.0 Å². The third-order valence-corrected chi connectivity index (χ3v) is 3.94. The molecule has 1 fully saturated rings. The van der Waals surface area contributed by atoms with Crippen LogP contribution in [0.2, 0.25) is 0 Å². The lowest BCUT2D eigenvalue weighted by Crippen LogP contribution is -2.45. The van der Waals surface area contributed by atoms with Gasteiger partial charge in [-0.05, 0) is 46.2 Å². The van der Waals surface area contributed by atoms with Crippen molar-refractivity contribution in [1.82, 2.24) is 4.98 Å². The fourth-order valence-electron chi connectivity index (χ4n) is 1.91. The van der Waals surface area contributed by atoms with Gasteiger partial charge in [0, 0.05) is 11.7 Å². The van der Waals surface area contributed by atoms with E-state index in [1.165, 1.54) is 6.20 Å². The molecule has 1 unspecified atom stereocenters. The van der Waals surface area contributed by atoms with Gasteiger partial charge in [-0.25, -0.2) is 0 Å². The van der Waals surface area contributed by atoms with Gasteiger partial charge >= 0.3 is 7.12 Å². The summed E-state index contributed by atoms with van der Waals surface area (Å²) in [6.45, 7) is 9.36. The van der Waals surface area contributed by atoms with E-state index in [-0.39, 0.29) is 5.56 Å². The summed E-state index contributed by atoms with van der Waals surface area (Å²) in [4.78, 5) is 14.5. The third kappa shape index (κ3) is 2.48. The van der Waals surface area contributed by atoms with Crippen molar-refractivity contribution in [2.45, 2.75) is 51.9 Å². The van der Waals surface area contributed by atoms with Gasteiger partial charge in [0.2, 0.25) is 5.56 Å². The lowest BCUT2D eigenvalue weighted by molar-refractivity contribution is 0.00578. The number of aromatic nitrogens is 1. The van der Waals surface area contributed by atoms with Crippen molar-refractivity contribution in [3.8, 4) is 0 Å². The Morgan fingerprint density at radius 2 is 1.79 bits per heavy atom. The quantitative estimate of drug-likeness (QED) is 0.773. The van der Waals surface area contributed by atoms with Crippen LogP contribution < -0.4 is 11.0 Å². The summed E-state index contributed by atoms with van der Waals surface area (Å²) >= 11 is 0. The van der Waals surface area contributed by atoms with E-state index >= 15 is 0 Å². The molecule has 0 bridgehead atoms. The topological polar surface area (TPSA) is 71.5 Å². The smallest absolute Gasteiger partial charge is 0.399 e. The first-order valence-corrected chi connectivity index (χ1v) is 6.40. The Bertz CT molecular complexity index is 520. The molecular formula is C13H20BNO4. The van der Waals surface area contributed by atoms with E-state index in [4.69, 9.17) is 9.31 Å². The van der Waals surface area contributed by atoms with Crippen LogP contribution in [0.15, 0.2) is 17.1 Å². The lowest BCUT2D eigenvalue weighted by atomic mass is 9.79. The van der Waals surface area contributed by atoms with Crippen molar-refractivity contribution < 1.29 is 14.4 Å². The number of H-pyrrole nitrogens is 1. The maximum Gasteiger partial charge on any atom is 0.500 e. The summed E-state index contributed by atoms with van der Waals surface area (Å²) in [5, 5.41) is 9.58. The second-order valence-electron chi connectivity index (χ2n) is 5.98. The van der Waals surface area contributed by atoms with Crippen molar-refractivity contribution in [3.63, 3.8) is 0 Å². The minimum absolute atomic E-state index is 0.261. The second kappa shape index (κ2) is 4.47. The molecule has 19 heavy (non-hydrogen) atoms. The molecule has 1 aromatic heterocycles. The van der Waals surface area contributed by atoms with Crippen LogP contribution in [0.25, 0.3) is 0 Å². The molecule has 0 aliphatic carbocycles. The maximum atomic E-state index is 11.9. The third-order valence-electron chi connectivity index (χ3n) is 3.94. The van der Waals surface area contributed by atoms with Crippen LogP contribution in [0, 0.1) is 0 Å². The molecule has 2 heterocycles. The molecule has 0 radical (unpaired) electrons. The van der Waals surface area contributed by atoms with Gasteiger partial charge in [-0.1, -0.05) is 0 Å². The van der Waals surface area contributed by atoms with Crippen LogP contribution in [-0.4, -0.2) is 28.4 Å². The summed E-state index contributed by atoms with van der Waals surface area (Å²) in [6, 6.07) is 1.63. The van der Waals surface area contributed by atoms with Gasteiger partial charge in [0.05, 0.1) is 17.3 Å². The van der Waals surface area contributed by atoms with E-state index in [1.54, 1.807) is 13.0 Å². The van der Waals surface area contributed by atoms with Crippen molar-refractivity contribution in [1.29, 1.82) is 0 Å². The molecule has 104 valence electrons. The number of aromatic amines is 1. The average Bonchev–Trinajstić information content (AvgIpc) is 2.48. The monoisotopic (exact) mass is 265 g/mol. The SMILES string of the molecule is CC(O)c1c[nH]c(=O)c(B2OC(C)(C)C(C)(C)O2)c1. The molecule has 1 saturated heterocycles. The molecule has 5 nitrogen and oxygen atoms in total. The first-order chi connectivity index (χ1) is 8.64. The van der Waals surface area contributed by atoms with Gasteiger partial charge in [-0.2, -0.15) is 0 Å². The predicted molar refractivity (Wildman–Crippen MR) is 73.4 cm³/mol. The normalized spacial score (nSPS) is 22.5. The van der Waals surface area contributed by atoms with Crippen LogP contribution >= 0.6 is 0 Å². The maximum absolute atomic E-state index is 11.9. The Balaban J connectivity index is 2.39. The summed E-state index contributed by atoms with van der Waals surface area (Å²) < 4.78 is 11.7. The van der Waals surface area contributed by atoms with E-state index in [0.717, 1.165) is 0 Å². The Labute approximate surface area is 113 Å². The lowest BCUT2D eigenvalue weighted by Gasteiger charge is -2.32. The summed E-state index contributed by atoms with van der Waals surface area (Å²) in [6.07, 6.45) is 0.847. The molecule has 1 aliphatic heterocycles. The minimum Gasteiger partial charge on any atom is -0.399 e. The highest BCUT2D eigenvalue weighted by Gasteiger charge is 2.52. The number of hydrogen-bond donors (Lipinski definition) is 2. The van der Waals surface area contributed by atoms with Crippen molar-refractivity contribution in [3.05, 3.63) is 28.2 Å². The van der Waals surface area contributed by atoms with E-state index < -0.39 is 24.4 Å². The molecular weight excluding hydrogens is 245 g/mol. The molecule has 1 aliphatic rings. The van der Waals surface area contributed by atoms with Gasteiger partial charge in [0.15, 0.2) is 0 Å². The van der Waals surface area contributed by atoms with E-state index in [9.17, 15) is 9.90 Å². The Hall–Kier alpha value is -1.11. The number of aliphatic hydroxyl groups excluding tert-OH is 1. The van der Waals surface area contributed by atoms with E-state index in [2.05, 4.69) is 4.98 Å². The van der Waals surface area contributed by atoms with Crippen molar-refractivity contribution >= 4 is 12.6 Å². The van der Waals surface area contributed by atoms with Gasteiger partial charge < -0.3 is 19.4 Å². The molecule has 6 heteroatoms. The molecule has 1 aromatic rings. The molecule has 2 N–H and O–H groups in total. The van der Waals surface area contributed by atoms with Gasteiger partial charge in [-0.3, -0.25) is 4.79 Å². The Kier molecular flexibility index (Phi) is 3.37.